The molecule has 13 heteroatoms. The molecule has 0 aliphatic carbocycles. The predicted molar refractivity (Wildman–Crippen MR) is 132 cm³/mol. The SMILES string of the molecule is CCCCOC(=O)c1ccc(NC(=O)COC(=O)[C@H]2CC(=O)N(NC(=O)c3ccccc3[N+](=O)[O-])C2)cc1. The molecule has 200 valence electrons. The Labute approximate surface area is 217 Å². The molecule has 1 heterocycles. The Hall–Kier alpha value is -4.81. The molecule has 3 rings (SSSR count). The highest BCUT2D eigenvalue weighted by molar-refractivity contribution is 6.00. The second-order valence-electron chi connectivity index (χ2n) is 8.34. The van der Waals surface area contributed by atoms with Gasteiger partial charge in [-0.2, -0.15) is 0 Å². The van der Waals surface area contributed by atoms with Crippen LogP contribution in [0.5, 0.6) is 0 Å². The molecule has 0 bridgehead atoms. The van der Waals surface area contributed by atoms with E-state index in [0.717, 1.165) is 23.9 Å². The Balaban J connectivity index is 1.46. The molecule has 1 aliphatic heterocycles. The largest absolute Gasteiger partial charge is 0.462 e. The molecule has 1 saturated heterocycles. The molecule has 0 spiro atoms. The molecule has 0 saturated carbocycles. The first-order chi connectivity index (χ1) is 18.2. The van der Waals surface area contributed by atoms with E-state index in [1.54, 1.807) is 0 Å². The molecule has 0 unspecified atom stereocenters. The van der Waals surface area contributed by atoms with Crippen molar-refractivity contribution >= 4 is 41.0 Å². The Morgan fingerprint density at radius 3 is 2.47 bits per heavy atom. The number of hydrogen-bond donors (Lipinski definition) is 2. The number of esters is 2. The van der Waals surface area contributed by atoms with Crippen LogP contribution in [0.15, 0.2) is 48.5 Å². The van der Waals surface area contributed by atoms with Gasteiger partial charge in [0.15, 0.2) is 6.61 Å². The van der Waals surface area contributed by atoms with E-state index in [2.05, 4.69) is 10.7 Å². The van der Waals surface area contributed by atoms with E-state index in [1.807, 2.05) is 6.92 Å². The average molecular weight is 527 g/mol. The molecule has 0 aromatic heterocycles. The number of nitro benzene ring substituents is 1. The molecular formula is C25H26N4O9. The summed E-state index contributed by atoms with van der Waals surface area (Å²) in [5, 5.41) is 14.5. The number of amides is 3. The molecule has 1 aliphatic rings. The lowest BCUT2D eigenvalue weighted by atomic mass is 10.1. The molecule has 2 N–H and O–H groups in total. The quantitative estimate of drug-likeness (QED) is 0.192. The van der Waals surface area contributed by atoms with Gasteiger partial charge >= 0.3 is 11.9 Å². The van der Waals surface area contributed by atoms with Gasteiger partial charge in [0.2, 0.25) is 5.91 Å². The number of nitro groups is 1. The first-order valence-electron chi connectivity index (χ1n) is 11.8. The first-order valence-corrected chi connectivity index (χ1v) is 11.8. The van der Waals surface area contributed by atoms with Crippen LogP contribution in [-0.2, 0) is 23.9 Å². The number of hydrogen-bond acceptors (Lipinski definition) is 9. The summed E-state index contributed by atoms with van der Waals surface area (Å²) in [5.41, 5.74) is 2.30. The Kier molecular flexibility index (Phi) is 9.46. The van der Waals surface area contributed by atoms with Gasteiger partial charge in [-0.15, -0.1) is 0 Å². The van der Waals surface area contributed by atoms with Crippen molar-refractivity contribution in [3.8, 4) is 0 Å². The number of hydrazine groups is 1. The van der Waals surface area contributed by atoms with Gasteiger partial charge in [0, 0.05) is 18.2 Å². The lowest BCUT2D eigenvalue weighted by molar-refractivity contribution is -0.385. The van der Waals surface area contributed by atoms with Gasteiger partial charge in [-0.3, -0.25) is 39.7 Å². The maximum Gasteiger partial charge on any atom is 0.338 e. The fourth-order valence-corrected chi connectivity index (χ4v) is 3.52. The minimum atomic E-state index is -0.945. The first kappa shape index (κ1) is 27.8. The Bertz CT molecular complexity index is 1230. The summed E-state index contributed by atoms with van der Waals surface area (Å²) >= 11 is 0. The number of carbonyl (C=O) groups excluding carboxylic acids is 5. The van der Waals surface area contributed by atoms with Gasteiger partial charge in [-0.05, 0) is 36.8 Å². The second-order valence-corrected chi connectivity index (χ2v) is 8.34. The van der Waals surface area contributed by atoms with E-state index in [9.17, 15) is 34.1 Å². The van der Waals surface area contributed by atoms with Crippen LogP contribution in [0, 0.1) is 16.0 Å². The van der Waals surface area contributed by atoms with E-state index in [4.69, 9.17) is 9.47 Å². The van der Waals surface area contributed by atoms with Crippen molar-refractivity contribution in [1.82, 2.24) is 10.4 Å². The third kappa shape index (κ3) is 7.35. The van der Waals surface area contributed by atoms with Crippen molar-refractivity contribution in [3.05, 3.63) is 69.8 Å². The zero-order valence-electron chi connectivity index (χ0n) is 20.5. The summed E-state index contributed by atoms with van der Waals surface area (Å²) in [4.78, 5) is 71.6. The maximum atomic E-state index is 12.4. The van der Waals surface area contributed by atoms with Crippen LogP contribution in [-0.4, -0.2) is 59.4 Å². The summed E-state index contributed by atoms with van der Waals surface area (Å²) in [7, 11) is 0. The lowest BCUT2D eigenvalue weighted by Crippen LogP contribution is -2.43. The van der Waals surface area contributed by atoms with Gasteiger partial charge in [0.1, 0.15) is 5.56 Å². The summed E-state index contributed by atoms with van der Waals surface area (Å²) < 4.78 is 10.1. The van der Waals surface area contributed by atoms with Crippen LogP contribution in [0.1, 0.15) is 46.9 Å². The number of rotatable bonds is 11. The summed E-state index contributed by atoms with van der Waals surface area (Å²) in [6, 6.07) is 11.2. The van der Waals surface area contributed by atoms with Crippen LogP contribution in [0.4, 0.5) is 11.4 Å². The van der Waals surface area contributed by atoms with Crippen LogP contribution in [0.3, 0.4) is 0 Å². The maximum absolute atomic E-state index is 12.4. The summed E-state index contributed by atoms with van der Waals surface area (Å²) in [6.07, 6.45) is 1.39. The number of nitrogens with one attached hydrogen (secondary N) is 2. The molecule has 2 aromatic rings. The average Bonchev–Trinajstić information content (AvgIpc) is 3.27. The highest BCUT2D eigenvalue weighted by atomic mass is 16.6. The van der Waals surface area contributed by atoms with Crippen molar-refractivity contribution in [3.63, 3.8) is 0 Å². The number of carbonyl (C=O) groups is 5. The van der Waals surface area contributed by atoms with Crippen molar-refractivity contribution in [1.29, 1.82) is 0 Å². The molecular weight excluding hydrogens is 500 g/mol. The normalized spacial score (nSPS) is 14.5. The smallest absolute Gasteiger partial charge is 0.338 e. The second kappa shape index (κ2) is 12.9. The summed E-state index contributed by atoms with van der Waals surface area (Å²) in [5.74, 6) is -4.33. The van der Waals surface area contributed by atoms with E-state index >= 15 is 0 Å². The topological polar surface area (TPSA) is 174 Å². The van der Waals surface area contributed by atoms with Crippen molar-refractivity contribution < 1.29 is 38.4 Å². The zero-order valence-corrected chi connectivity index (χ0v) is 20.5. The molecule has 3 amide bonds. The molecule has 1 atom stereocenters. The number of anilines is 1. The number of nitrogens with zero attached hydrogens (tertiary/aromatic N) is 2. The molecule has 2 aromatic carbocycles. The van der Waals surface area contributed by atoms with Crippen LogP contribution in [0.25, 0.3) is 0 Å². The Morgan fingerprint density at radius 1 is 1.08 bits per heavy atom. The zero-order chi connectivity index (χ0) is 27.7. The highest BCUT2D eigenvalue weighted by Crippen LogP contribution is 2.21. The minimum absolute atomic E-state index is 0.221. The highest BCUT2D eigenvalue weighted by Gasteiger charge is 2.37. The number of unbranched alkanes of at least 4 members (excludes halogenated alkanes) is 1. The monoisotopic (exact) mass is 526 g/mol. The minimum Gasteiger partial charge on any atom is -0.462 e. The van der Waals surface area contributed by atoms with Crippen molar-refractivity contribution in [2.45, 2.75) is 26.2 Å². The molecule has 1 fully saturated rings. The fraction of sp³-hybridized carbons (Fsp3) is 0.320. The van der Waals surface area contributed by atoms with Crippen molar-refractivity contribution in [2.24, 2.45) is 5.92 Å². The van der Waals surface area contributed by atoms with Crippen molar-refractivity contribution in [2.75, 3.05) is 25.1 Å². The molecule has 0 radical (unpaired) electrons. The van der Waals surface area contributed by atoms with E-state index in [0.29, 0.717) is 17.9 Å². The number of para-hydroxylation sites is 1. The molecule has 13 nitrogen and oxygen atoms in total. The fourth-order valence-electron chi connectivity index (χ4n) is 3.52. The lowest BCUT2D eigenvalue weighted by Gasteiger charge is -2.17. The van der Waals surface area contributed by atoms with E-state index < -0.39 is 52.8 Å². The Morgan fingerprint density at radius 2 is 1.79 bits per heavy atom. The molecule has 38 heavy (non-hydrogen) atoms. The van der Waals surface area contributed by atoms with Gasteiger partial charge in [-0.25, -0.2) is 4.79 Å². The van der Waals surface area contributed by atoms with E-state index in [-0.39, 0.29) is 18.5 Å². The third-order valence-corrected chi connectivity index (χ3v) is 5.52. The van der Waals surface area contributed by atoms with Gasteiger partial charge < -0.3 is 14.8 Å². The van der Waals surface area contributed by atoms with E-state index in [1.165, 1.54) is 42.5 Å². The number of benzene rings is 2. The van der Waals surface area contributed by atoms with Crippen LogP contribution < -0.4 is 10.7 Å². The van der Waals surface area contributed by atoms with Gasteiger partial charge in [0.25, 0.3) is 17.5 Å². The van der Waals surface area contributed by atoms with Gasteiger partial charge in [-0.1, -0.05) is 25.5 Å². The van der Waals surface area contributed by atoms with Gasteiger partial charge in [0.05, 0.1) is 29.6 Å². The number of ether oxygens (including phenoxy) is 2. The van der Waals surface area contributed by atoms with Crippen LogP contribution in [0.2, 0.25) is 0 Å². The summed E-state index contributed by atoms with van der Waals surface area (Å²) in [6.45, 7) is 1.47. The third-order valence-electron chi connectivity index (χ3n) is 5.52. The predicted octanol–water partition coefficient (Wildman–Crippen LogP) is 2.23. The van der Waals surface area contributed by atoms with Crippen LogP contribution >= 0.6 is 0 Å². The standard InChI is InChI=1S/C25H26N4O9/c1-2-3-12-37-24(33)16-8-10-18(11-9-16)26-21(30)15-38-25(34)17-13-22(31)28(14-17)27-23(32)19-6-4-5-7-20(19)29(35)36/h4-11,17H,2-3,12-15H2,1H3,(H,26,30)(H,27,32)/t17-/m0/s1.